The van der Waals surface area contributed by atoms with Crippen molar-refractivity contribution in [3.05, 3.63) is 23.4 Å². The van der Waals surface area contributed by atoms with Crippen LogP contribution in [0.3, 0.4) is 0 Å². The molecule has 1 atom stereocenters. The third kappa shape index (κ3) is 6.47. The van der Waals surface area contributed by atoms with Gasteiger partial charge in [-0.1, -0.05) is 41.0 Å². The van der Waals surface area contributed by atoms with Crippen LogP contribution in [0.15, 0.2) is 12.1 Å². The Morgan fingerprint density at radius 2 is 1.90 bits per heavy atom. The molecule has 1 N–H and O–H groups in total. The van der Waals surface area contributed by atoms with Gasteiger partial charge in [0.1, 0.15) is 5.82 Å². The normalized spacial score (nSPS) is 12.7. The molecule has 21 heavy (non-hydrogen) atoms. The number of aromatic nitrogens is 1. The number of pyridine rings is 1. The van der Waals surface area contributed by atoms with Gasteiger partial charge in [0.15, 0.2) is 0 Å². The second kappa shape index (κ2) is 9.04. The summed E-state index contributed by atoms with van der Waals surface area (Å²) in [5.74, 6) is 2.49. The number of aryl methyl sites for hydroxylation is 1. The van der Waals surface area contributed by atoms with E-state index in [-0.39, 0.29) is 0 Å². The highest BCUT2D eigenvalue weighted by molar-refractivity contribution is 5.42. The average Bonchev–Trinajstić information content (AvgIpc) is 2.46. The highest BCUT2D eigenvalue weighted by Gasteiger charge is 2.09. The van der Waals surface area contributed by atoms with E-state index in [4.69, 9.17) is 4.98 Å². The van der Waals surface area contributed by atoms with Gasteiger partial charge in [0, 0.05) is 25.8 Å². The van der Waals surface area contributed by atoms with E-state index in [1.165, 1.54) is 17.7 Å². The predicted octanol–water partition coefficient (Wildman–Crippen LogP) is 3.87. The first kappa shape index (κ1) is 18.0. The first-order valence-electron chi connectivity index (χ1n) is 8.37. The third-order valence-corrected chi connectivity index (χ3v) is 3.84. The molecule has 1 aromatic heterocycles. The van der Waals surface area contributed by atoms with Gasteiger partial charge in [0.2, 0.25) is 0 Å². The second-order valence-electron chi connectivity index (χ2n) is 6.60. The smallest absolute Gasteiger partial charge is 0.128 e. The SMILES string of the molecule is CCc1cc(CNCC(C)C)cc(N(C)CC(C)CC)n1. The van der Waals surface area contributed by atoms with Crippen molar-refractivity contribution < 1.29 is 0 Å². The molecule has 0 amide bonds. The highest BCUT2D eigenvalue weighted by atomic mass is 15.2. The molecule has 1 unspecified atom stereocenters. The lowest BCUT2D eigenvalue weighted by atomic mass is 10.1. The molecular formula is C18H33N3. The van der Waals surface area contributed by atoms with Crippen LogP contribution >= 0.6 is 0 Å². The van der Waals surface area contributed by atoms with Gasteiger partial charge in [-0.15, -0.1) is 0 Å². The monoisotopic (exact) mass is 291 g/mol. The van der Waals surface area contributed by atoms with Crippen molar-refractivity contribution in [2.75, 3.05) is 25.0 Å². The third-order valence-electron chi connectivity index (χ3n) is 3.84. The molecule has 1 aromatic rings. The molecule has 120 valence electrons. The quantitative estimate of drug-likeness (QED) is 0.748. The Kier molecular flexibility index (Phi) is 7.73. The summed E-state index contributed by atoms with van der Waals surface area (Å²) in [6.07, 6.45) is 2.20. The molecule has 0 radical (unpaired) electrons. The maximum atomic E-state index is 4.78. The lowest BCUT2D eigenvalue weighted by Gasteiger charge is -2.23. The van der Waals surface area contributed by atoms with Crippen molar-refractivity contribution >= 4 is 5.82 Å². The highest BCUT2D eigenvalue weighted by Crippen LogP contribution is 2.17. The van der Waals surface area contributed by atoms with Gasteiger partial charge in [0.05, 0.1) is 0 Å². The summed E-state index contributed by atoms with van der Waals surface area (Å²) in [6, 6.07) is 4.46. The number of hydrogen-bond donors (Lipinski definition) is 1. The fourth-order valence-corrected chi connectivity index (χ4v) is 2.31. The average molecular weight is 291 g/mol. The Balaban J connectivity index is 2.78. The summed E-state index contributed by atoms with van der Waals surface area (Å²) in [5, 5.41) is 3.52. The Bertz CT molecular complexity index is 415. The second-order valence-corrected chi connectivity index (χ2v) is 6.60. The molecule has 3 heteroatoms. The fourth-order valence-electron chi connectivity index (χ4n) is 2.31. The zero-order valence-electron chi connectivity index (χ0n) is 14.7. The topological polar surface area (TPSA) is 28.2 Å². The van der Waals surface area contributed by atoms with Crippen LogP contribution in [-0.4, -0.2) is 25.1 Å². The van der Waals surface area contributed by atoms with Crippen LogP contribution < -0.4 is 10.2 Å². The van der Waals surface area contributed by atoms with Crippen LogP contribution in [-0.2, 0) is 13.0 Å². The van der Waals surface area contributed by atoms with E-state index in [0.29, 0.717) is 11.8 Å². The van der Waals surface area contributed by atoms with Crippen molar-refractivity contribution in [2.45, 2.75) is 54.0 Å². The minimum atomic E-state index is 0.685. The molecule has 0 fully saturated rings. The molecule has 0 aromatic carbocycles. The van der Waals surface area contributed by atoms with Gasteiger partial charge < -0.3 is 10.2 Å². The van der Waals surface area contributed by atoms with Crippen LogP contribution in [0.5, 0.6) is 0 Å². The van der Waals surface area contributed by atoms with Crippen molar-refractivity contribution in [1.29, 1.82) is 0 Å². The number of rotatable bonds is 9. The number of anilines is 1. The maximum Gasteiger partial charge on any atom is 0.128 e. The first-order valence-corrected chi connectivity index (χ1v) is 8.37. The zero-order chi connectivity index (χ0) is 15.8. The molecule has 0 spiro atoms. The van der Waals surface area contributed by atoms with E-state index in [9.17, 15) is 0 Å². The molecule has 0 aliphatic heterocycles. The van der Waals surface area contributed by atoms with Crippen LogP contribution in [0, 0.1) is 11.8 Å². The number of nitrogens with one attached hydrogen (secondary N) is 1. The Morgan fingerprint density at radius 3 is 2.48 bits per heavy atom. The van der Waals surface area contributed by atoms with Gasteiger partial charge in [-0.25, -0.2) is 4.98 Å². The van der Waals surface area contributed by atoms with E-state index in [1.54, 1.807) is 0 Å². The molecule has 0 aliphatic carbocycles. The van der Waals surface area contributed by atoms with E-state index in [2.05, 4.69) is 64.0 Å². The molecule has 1 heterocycles. The van der Waals surface area contributed by atoms with Gasteiger partial charge in [-0.05, 0) is 42.5 Å². The molecule has 1 rings (SSSR count). The Morgan fingerprint density at radius 1 is 1.19 bits per heavy atom. The van der Waals surface area contributed by atoms with E-state index in [1.807, 2.05) is 0 Å². The van der Waals surface area contributed by atoms with Crippen molar-refractivity contribution in [2.24, 2.45) is 11.8 Å². The van der Waals surface area contributed by atoms with Crippen LogP contribution in [0.25, 0.3) is 0 Å². The predicted molar refractivity (Wildman–Crippen MR) is 92.9 cm³/mol. The fraction of sp³-hybridized carbons (Fsp3) is 0.722. The van der Waals surface area contributed by atoms with E-state index in [0.717, 1.165) is 31.9 Å². The Labute approximate surface area is 131 Å². The summed E-state index contributed by atoms with van der Waals surface area (Å²) in [4.78, 5) is 7.07. The zero-order valence-corrected chi connectivity index (χ0v) is 14.7. The van der Waals surface area contributed by atoms with Crippen LogP contribution in [0.2, 0.25) is 0 Å². The molecular weight excluding hydrogens is 258 g/mol. The molecule has 0 saturated carbocycles. The Hall–Kier alpha value is -1.09. The van der Waals surface area contributed by atoms with E-state index >= 15 is 0 Å². The molecule has 0 aliphatic rings. The van der Waals surface area contributed by atoms with Gasteiger partial charge in [-0.2, -0.15) is 0 Å². The van der Waals surface area contributed by atoms with Crippen LogP contribution in [0.1, 0.15) is 52.3 Å². The first-order chi connectivity index (χ1) is 9.96. The lowest BCUT2D eigenvalue weighted by Crippen LogP contribution is -2.25. The van der Waals surface area contributed by atoms with Crippen LogP contribution in [0.4, 0.5) is 5.82 Å². The summed E-state index contributed by atoms with van der Waals surface area (Å²) >= 11 is 0. The van der Waals surface area contributed by atoms with Gasteiger partial charge in [0.25, 0.3) is 0 Å². The van der Waals surface area contributed by atoms with Gasteiger partial charge >= 0.3 is 0 Å². The van der Waals surface area contributed by atoms with Crippen molar-refractivity contribution in [1.82, 2.24) is 10.3 Å². The van der Waals surface area contributed by atoms with E-state index < -0.39 is 0 Å². The summed E-state index contributed by atoms with van der Waals surface area (Å²) in [5.41, 5.74) is 2.53. The lowest BCUT2D eigenvalue weighted by molar-refractivity contribution is 0.550. The minimum absolute atomic E-state index is 0.685. The summed E-state index contributed by atoms with van der Waals surface area (Å²) in [6.45, 7) is 14.2. The molecule has 0 bridgehead atoms. The molecule has 0 saturated heterocycles. The maximum absolute atomic E-state index is 4.78. The number of hydrogen-bond acceptors (Lipinski definition) is 3. The summed E-state index contributed by atoms with van der Waals surface area (Å²) in [7, 11) is 2.15. The van der Waals surface area contributed by atoms with Crippen molar-refractivity contribution in [3.63, 3.8) is 0 Å². The number of nitrogens with zero attached hydrogens (tertiary/aromatic N) is 2. The van der Waals surface area contributed by atoms with Crippen molar-refractivity contribution in [3.8, 4) is 0 Å². The summed E-state index contributed by atoms with van der Waals surface area (Å²) < 4.78 is 0. The standard InChI is InChI=1S/C18H33N3/c1-7-15(5)13-21(6)18-10-16(9-17(8-2)20-18)12-19-11-14(3)4/h9-10,14-15,19H,7-8,11-13H2,1-6H3. The largest absolute Gasteiger partial charge is 0.359 e. The molecule has 3 nitrogen and oxygen atoms in total. The van der Waals surface area contributed by atoms with Gasteiger partial charge in [-0.3, -0.25) is 0 Å². The minimum Gasteiger partial charge on any atom is -0.359 e.